The zero-order valence-corrected chi connectivity index (χ0v) is 11.7. The summed E-state index contributed by atoms with van der Waals surface area (Å²) in [6.45, 7) is 0.0982. The molecule has 0 saturated carbocycles. The third-order valence-corrected chi connectivity index (χ3v) is 3.18. The molecule has 0 saturated heterocycles. The summed E-state index contributed by atoms with van der Waals surface area (Å²) in [6.07, 6.45) is 1.36. The molecule has 6 heteroatoms. The van der Waals surface area contributed by atoms with Gasteiger partial charge in [0.2, 0.25) is 6.79 Å². The summed E-state index contributed by atoms with van der Waals surface area (Å²) in [7, 11) is 1.49. The molecule has 0 fully saturated rings. The van der Waals surface area contributed by atoms with Crippen molar-refractivity contribution in [3.63, 3.8) is 0 Å². The Morgan fingerprint density at radius 2 is 1.73 bits per heavy atom. The fourth-order valence-corrected chi connectivity index (χ4v) is 2.08. The standard InChI is InChI=1S/C16H12O6/c1-19-12-3-2-10(7-17)4-16(12)22-13-6-15-14(20-9-21-15)5-11(13)8-18/h2-8H,9H2,1H3. The minimum atomic E-state index is 0.0982. The maximum Gasteiger partial charge on any atom is 0.231 e. The average molecular weight is 300 g/mol. The second-order valence-electron chi connectivity index (χ2n) is 4.49. The molecule has 3 rings (SSSR count). The van der Waals surface area contributed by atoms with E-state index in [0.717, 1.165) is 0 Å². The highest BCUT2D eigenvalue weighted by Gasteiger charge is 2.19. The molecule has 0 amide bonds. The van der Waals surface area contributed by atoms with Crippen molar-refractivity contribution in [1.29, 1.82) is 0 Å². The van der Waals surface area contributed by atoms with Gasteiger partial charge in [0.1, 0.15) is 12.0 Å². The van der Waals surface area contributed by atoms with Gasteiger partial charge in [0, 0.05) is 11.6 Å². The zero-order valence-electron chi connectivity index (χ0n) is 11.7. The first kappa shape index (κ1) is 13.9. The van der Waals surface area contributed by atoms with Crippen molar-refractivity contribution in [3.8, 4) is 28.7 Å². The van der Waals surface area contributed by atoms with Crippen molar-refractivity contribution in [3.05, 3.63) is 41.5 Å². The molecule has 112 valence electrons. The topological polar surface area (TPSA) is 71.1 Å². The second kappa shape index (κ2) is 5.77. The van der Waals surface area contributed by atoms with Crippen LogP contribution in [0.25, 0.3) is 0 Å². The van der Waals surface area contributed by atoms with Gasteiger partial charge in [-0.15, -0.1) is 0 Å². The van der Waals surface area contributed by atoms with Crippen LogP contribution in [0.5, 0.6) is 28.7 Å². The normalized spacial score (nSPS) is 11.9. The molecule has 6 nitrogen and oxygen atoms in total. The lowest BCUT2D eigenvalue weighted by molar-refractivity contribution is 0.111. The molecule has 1 aliphatic heterocycles. The number of hydrogen-bond acceptors (Lipinski definition) is 6. The van der Waals surface area contributed by atoms with Crippen LogP contribution in [0.3, 0.4) is 0 Å². The van der Waals surface area contributed by atoms with Crippen LogP contribution in [-0.4, -0.2) is 26.5 Å². The van der Waals surface area contributed by atoms with E-state index in [4.69, 9.17) is 18.9 Å². The lowest BCUT2D eigenvalue weighted by atomic mass is 10.2. The summed E-state index contributed by atoms with van der Waals surface area (Å²) in [5.41, 5.74) is 0.743. The maximum atomic E-state index is 11.2. The number of carbonyl (C=O) groups is 2. The van der Waals surface area contributed by atoms with Crippen molar-refractivity contribution < 1.29 is 28.5 Å². The number of rotatable bonds is 5. The summed E-state index contributed by atoms with van der Waals surface area (Å²) in [6, 6.07) is 7.87. The van der Waals surface area contributed by atoms with E-state index in [-0.39, 0.29) is 6.79 Å². The molecule has 0 aliphatic carbocycles. The van der Waals surface area contributed by atoms with Crippen LogP contribution >= 0.6 is 0 Å². The first-order valence-corrected chi connectivity index (χ1v) is 6.45. The van der Waals surface area contributed by atoms with E-state index in [0.29, 0.717) is 52.4 Å². The van der Waals surface area contributed by atoms with Crippen LogP contribution < -0.4 is 18.9 Å². The SMILES string of the molecule is COc1ccc(C=O)cc1Oc1cc2c(cc1C=O)OCO2. The molecule has 0 aromatic heterocycles. The molecule has 22 heavy (non-hydrogen) atoms. The molecule has 1 aliphatic rings. The van der Waals surface area contributed by atoms with Crippen molar-refractivity contribution in [1.82, 2.24) is 0 Å². The first-order chi connectivity index (χ1) is 10.7. The number of hydrogen-bond donors (Lipinski definition) is 0. The van der Waals surface area contributed by atoms with E-state index in [1.807, 2.05) is 0 Å². The summed E-state index contributed by atoms with van der Waals surface area (Å²) in [5.74, 6) is 2.05. The lowest BCUT2D eigenvalue weighted by Gasteiger charge is -2.12. The van der Waals surface area contributed by atoms with Gasteiger partial charge in [-0.05, 0) is 24.3 Å². The molecule has 0 bridgehead atoms. The van der Waals surface area contributed by atoms with Crippen molar-refractivity contribution in [2.75, 3.05) is 13.9 Å². The van der Waals surface area contributed by atoms with Crippen LogP contribution in [0.1, 0.15) is 20.7 Å². The number of benzene rings is 2. The highest BCUT2D eigenvalue weighted by Crippen LogP contribution is 2.40. The van der Waals surface area contributed by atoms with E-state index >= 15 is 0 Å². The Morgan fingerprint density at radius 3 is 2.41 bits per heavy atom. The Labute approximate surface area is 126 Å². The van der Waals surface area contributed by atoms with Crippen LogP contribution in [0.15, 0.2) is 30.3 Å². The Balaban J connectivity index is 2.02. The van der Waals surface area contributed by atoms with Gasteiger partial charge in [-0.1, -0.05) is 0 Å². The lowest BCUT2D eigenvalue weighted by Crippen LogP contribution is -1.95. The minimum Gasteiger partial charge on any atom is -0.493 e. The number of methoxy groups -OCH3 is 1. The van der Waals surface area contributed by atoms with Gasteiger partial charge in [-0.25, -0.2) is 0 Å². The molecular weight excluding hydrogens is 288 g/mol. The monoisotopic (exact) mass is 300 g/mol. The second-order valence-corrected chi connectivity index (χ2v) is 4.49. The molecule has 1 heterocycles. The third-order valence-electron chi connectivity index (χ3n) is 3.18. The first-order valence-electron chi connectivity index (χ1n) is 6.45. The quantitative estimate of drug-likeness (QED) is 0.791. The Hall–Kier alpha value is -3.02. The van der Waals surface area contributed by atoms with Crippen LogP contribution in [-0.2, 0) is 0 Å². The highest BCUT2D eigenvalue weighted by molar-refractivity contribution is 5.82. The molecule has 2 aromatic carbocycles. The molecule has 2 aromatic rings. The van der Waals surface area contributed by atoms with E-state index in [2.05, 4.69) is 0 Å². The molecule has 0 spiro atoms. The highest BCUT2D eigenvalue weighted by atomic mass is 16.7. The van der Waals surface area contributed by atoms with E-state index in [1.165, 1.54) is 13.2 Å². The minimum absolute atomic E-state index is 0.0982. The summed E-state index contributed by atoms with van der Waals surface area (Å²) >= 11 is 0. The largest absolute Gasteiger partial charge is 0.493 e. The Morgan fingerprint density at radius 1 is 0.955 bits per heavy atom. The molecule has 0 radical (unpaired) electrons. The fourth-order valence-electron chi connectivity index (χ4n) is 2.08. The van der Waals surface area contributed by atoms with Gasteiger partial charge in [0.25, 0.3) is 0 Å². The number of fused-ring (bicyclic) bond motifs is 1. The average Bonchev–Trinajstić information content (AvgIpc) is 3.01. The summed E-state index contributed by atoms with van der Waals surface area (Å²) in [4.78, 5) is 22.1. The van der Waals surface area contributed by atoms with E-state index in [1.54, 1.807) is 24.3 Å². The van der Waals surface area contributed by atoms with Gasteiger partial charge in [-0.3, -0.25) is 9.59 Å². The van der Waals surface area contributed by atoms with Crippen molar-refractivity contribution >= 4 is 12.6 Å². The predicted octanol–water partition coefficient (Wildman–Crippen LogP) is 2.84. The van der Waals surface area contributed by atoms with Gasteiger partial charge >= 0.3 is 0 Å². The number of aldehydes is 2. The van der Waals surface area contributed by atoms with Crippen LogP contribution in [0.2, 0.25) is 0 Å². The van der Waals surface area contributed by atoms with Crippen molar-refractivity contribution in [2.45, 2.75) is 0 Å². The Kier molecular flexibility index (Phi) is 3.65. The van der Waals surface area contributed by atoms with Gasteiger partial charge < -0.3 is 18.9 Å². The molecule has 0 N–H and O–H groups in total. The smallest absolute Gasteiger partial charge is 0.231 e. The molecule has 0 atom stereocenters. The van der Waals surface area contributed by atoms with E-state index < -0.39 is 0 Å². The number of ether oxygens (including phenoxy) is 4. The van der Waals surface area contributed by atoms with E-state index in [9.17, 15) is 9.59 Å². The van der Waals surface area contributed by atoms with Crippen molar-refractivity contribution in [2.24, 2.45) is 0 Å². The molecule has 0 unspecified atom stereocenters. The number of carbonyl (C=O) groups excluding carboxylic acids is 2. The van der Waals surface area contributed by atoms with Gasteiger partial charge in [0.15, 0.2) is 29.3 Å². The summed E-state index contributed by atoms with van der Waals surface area (Å²) in [5, 5.41) is 0. The maximum absolute atomic E-state index is 11.2. The zero-order chi connectivity index (χ0) is 15.5. The van der Waals surface area contributed by atoms with Crippen LogP contribution in [0.4, 0.5) is 0 Å². The van der Waals surface area contributed by atoms with Crippen LogP contribution in [0, 0.1) is 0 Å². The fraction of sp³-hybridized carbons (Fsp3) is 0.125. The molecular formula is C16H12O6. The third kappa shape index (κ3) is 2.46. The van der Waals surface area contributed by atoms with Gasteiger partial charge in [0.05, 0.1) is 12.7 Å². The Bertz CT molecular complexity index is 738. The predicted molar refractivity (Wildman–Crippen MR) is 76.4 cm³/mol. The summed E-state index contributed by atoms with van der Waals surface area (Å²) < 4.78 is 21.4. The van der Waals surface area contributed by atoms with Gasteiger partial charge in [-0.2, -0.15) is 0 Å².